The van der Waals surface area contributed by atoms with E-state index in [2.05, 4.69) is 10.0 Å². The minimum absolute atomic E-state index is 0.0793. The topological polar surface area (TPSA) is 58.2 Å². The summed E-state index contributed by atoms with van der Waals surface area (Å²) in [6.07, 6.45) is 2.03. The summed E-state index contributed by atoms with van der Waals surface area (Å²) in [5, 5.41) is 5.02. The fourth-order valence-electron chi connectivity index (χ4n) is 2.05. The summed E-state index contributed by atoms with van der Waals surface area (Å²) in [6.45, 7) is 3.47. The summed E-state index contributed by atoms with van der Waals surface area (Å²) in [5.74, 6) is 2.02. The molecule has 19 heavy (non-hydrogen) atoms. The summed E-state index contributed by atoms with van der Waals surface area (Å²) in [5.41, 5.74) is 0. The van der Waals surface area contributed by atoms with Crippen molar-refractivity contribution in [2.24, 2.45) is 0 Å². The second-order valence-corrected chi connectivity index (χ2v) is 8.36. The lowest BCUT2D eigenvalue weighted by Crippen LogP contribution is -2.38. The van der Waals surface area contributed by atoms with E-state index in [1.807, 2.05) is 24.1 Å². The quantitative estimate of drug-likeness (QED) is 0.842. The first kappa shape index (κ1) is 15.3. The van der Waals surface area contributed by atoms with Gasteiger partial charge in [0.25, 0.3) is 0 Å². The van der Waals surface area contributed by atoms with Crippen molar-refractivity contribution < 1.29 is 8.42 Å². The lowest BCUT2D eigenvalue weighted by Gasteiger charge is -2.22. The summed E-state index contributed by atoms with van der Waals surface area (Å²) in [7, 11) is -3.37. The second kappa shape index (κ2) is 7.08. The molecule has 0 aromatic carbocycles. The molecule has 1 aliphatic heterocycles. The van der Waals surface area contributed by atoms with Crippen molar-refractivity contribution in [2.75, 3.05) is 18.1 Å². The van der Waals surface area contributed by atoms with Gasteiger partial charge in [0.05, 0.1) is 4.90 Å². The molecular weight excluding hydrogens is 300 g/mol. The SMILES string of the molecule is CCNCc1sccc1S(=O)(=O)NC1CCCSC1. The number of nitrogens with one attached hydrogen (secondary N) is 2. The van der Waals surface area contributed by atoms with Gasteiger partial charge in [0.2, 0.25) is 10.0 Å². The van der Waals surface area contributed by atoms with Crippen LogP contribution in [0, 0.1) is 0 Å². The van der Waals surface area contributed by atoms with E-state index in [4.69, 9.17) is 0 Å². The Kier molecular flexibility index (Phi) is 5.70. The van der Waals surface area contributed by atoms with Gasteiger partial charge >= 0.3 is 0 Å². The maximum Gasteiger partial charge on any atom is 0.242 e. The molecule has 0 aliphatic carbocycles. The van der Waals surface area contributed by atoms with Crippen molar-refractivity contribution in [3.8, 4) is 0 Å². The lowest BCUT2D eigenvalue weighted by atomic mass is 10.2. The van der Waals surface area contributed by atoms with Crippen LogP contribution in [0.1, 0.15) is 24.6 Å². The van der Waals surface area contributed by atoms with Gasteiger partial charge in [-0.25, -0.2) is 13.1 Å². The number of thioether (sulfide) groups is 1. The Bertz CT molecular complexity index is 493. The first-order valence-corrected chi connectivity index (χ1v) is 10.0. The third-order valence-corrected chi connectivity index (χ3v) is 6.88. The largest absolute Gasteiger partial charge is 0.312 e. The molecule has 7 heteroatoms. The molecule has 0 amide bonds. The van der Waals surface area contributed by atoms with Gasteiger partial charge in [-0.3, -0.25) is 0 Å². The smallest absolute Gasteiger partial charge is 0.242 e. The Morgan fingerprint density at radius 3 is 3.00 bits per heavy atom. The molecule has 108 valence electrons. The number of sulfonamides is 1. The molecule has 1 unspecified atom stereocenters. The Morgan fingerprint density at radius 1 is 1.47 bits per heavy atom. The standard InChI is InChI=1S/C12H20N2O2S3/c1-2-13-8-11-12(5-7-18-11)19(15,16)14-10-4-3-6-17-9-10/h5,7,10,13-14H,2-4,6,8-9H2,1H3. The van der Waals surface area contributed by atoms with Crippen LogP contribution in [0.15, 0.2) is 16.3 Å². The van der Waals surface area contributed by atoms with Gasteiger partial charge in [0.1, 0.15) is 0 Å². The Labute approximate surface area is 123 Å². The number of hydrogen-bond donors (Lipinski definition) is 2. The third kappa shape index (κ3) is 4.19. The van der Waals surface area contributed by atoms with Gasteiger partial charge < -0.3 is 5.32 Å². The molecule has 1 aromatic heterocycles. The summed E-state index contributed by atoms with van der Waals surface area (Å²) >= 11 is 3.31. The first-order chi connectivity index (χ1) is 9.13. The molecule has 1 saturated heterocycles. The molecule has 4 nitrogen and oxygen atoms in total. The van der Waals surface area contributed by atoms with Gasteiger partial charge in [-0.15, -0.1) is 11.3 Å². The molecule has 0 bridgehead atoms. The normalized spacial score (nSPS) is 20.6. The van der Waals surface area contributed by atoms with E-state index in [0.29, 0.717) is 11.4 Å². The molecule has 0 saturated carbocycles. The molecular formula is C12H20N2O2S3. The average Bonchev–Trinajstić information content (AvgIpc) is 2.86. The maximum absolute atomic E-state index is 12.4. The van der Waals surface area contributed by atoms with Crippen LogP contribution >= 0.6 is 23.1 Å². The van der Waals surface area contributed by atoms with Crippen molar-refractivity contribution in [2.45, 2.75) is 37.2 Å². The minimum atomic E-state index is -3.37. The van der Waals surface area contributed by atoms with Crippen LogP contribution in [0.4, 0.5) is 0 Å². The average molecular weight is 321 g/mol. The van der Waals surface area contributed by atoms with E-state index in [0.717, 1.165) is 35.8 Å². The molecule has 0 radical (unpaired) electrons. The van der Waals surface area contributed by atoms with Crippen LogP contribution in [0.3, 0.4) is 0 Å². The van der Waals surface area contributed by atoms with E-state index in [1.54, 1.807) is 6.07 Å². The maximum atomic E-state index is 12.4. The van der Waals surface area contributed by atoms with Crippen LogP contribution < -0.4 is 10.0 Å². The summed E-state index contributed by atoms with van der Waals surface area (Å²) in [6, 6.07) is 1.78. The molecule has 1 atom stereocenters. The van der Waals surface area contributed by atoms with Crippen molar-refractivity contribution in [3.05, 3.63) is 16.3 Å². The number of rotatable bonds is 6. The van der Waals surface area contributed by atoms with Crippen LogP contribution in [0.2, 0.25) is 0 Å². The van der Waals surface area contributed by atoms with E-state index in [1.165, 1.54) is 11.3 Å². The zero-order valence-corrected chi connectivity index (χ0v) is 13.5. The van der Waals surface area contributed by atoms with Crippen LogP contribution in [0.25, 0.3) is 0 Å². The molecule has 1 fully saturated rings. The Balaban J connectivity index is 2.08. The number of thiophene rings is 1. The van der Waals surface area contributed by atoms with Crippen molar-refractivity contribution in [1.29, 1.82) is 0 Å². The van der Waals surface area contributed by atoms with Gasteiger partial charge in [-0.05, 0) is 36.6 Å². The highest BCUT2D eigenvalue weighted by atomic mass is 32.2. The van der Waals surface area contributed by atoms with E-state index in [-0.39, 0.29) is 6.04 Å². The molecule has 0 spiro atoms. The fraction of sp³-hybridized carbons (Fsp3) is 0.667. The molecule has 2 heterocycles. The minimum Gasteiger partial charge on any atom is -0.312 e. The third-order valence-electron chi connectivity index (χ3n) is 3.01. The van der Waals surface area contributed by atoms with Crippen molar-refractivity contribution >= 4 is 33.1 Å². The van der Waals surface area contributed by atoms with Gasteiger partial charge in [-0.2, -0.15) is 11.8 Å². The summed E-state index contributed by atoms with van der Waals surface area (Å²) < 4.78 is 27.7. The second-order valence-electron chi connectivity index (χ2n) is 4.52. The lowest BCUT2D eigenvalue weighted by molar-refractivity contribution is 0.542. The van der Waals surface area contributed by atoms with Crippen LogP contribution in [-0.4, -0.2) is 32.5 Å². The zero-order chi connectivity index (χ0) is 13.7. The highest BCUT2D eigenvalue weighted by Gasteiger charge is 2.24. The van der Waals surface area contributed by atoms with E-state index >= 15 is 0 Å². The first-order valence-electron chi connectivity index (χ1n) is 6.50. The Hall–Kier alpha value is -0.0800. The molecule has 2 N–H and O–H groups in total. The van der Waals surface area contributed by atoms with E-state index in [9.17, 15) is 8.42 Å². The monoisotopic (exact) mass is 320 g/mol. The summed E-state index contributed by atoms with van der Waals surface area (Å²) in [4.78, 5) is 1.33. The predicted octanol–water partition coefficient (Wildman–Crippen LogP) is 2.03. The van der Waals surface area contributed by atoms with Crippen molar-refractivity contribution in [3.63, 3.8) is 0 Å². The van der Waals surface area contributed by atoms with E-state index < -0.39 is 10.0 Å². The highest BCUT2D eigenvalue weighted by molar-refractivity contribution is 7.99. The highest BCUT2D eigenvalue weighted by Crippen LogP contribution is 2.24. The zero-order valence-electron chi connectivity index (χ0n) is 11.0. The van der Waals surface area contributed by atoms with Gasteiger partial charge in [0, 0.05) is 23.2 Å². The predicted molar refractivity (Wildman–Crippen MR) is 82.4 cm³/mol. The van der Waals surface area contributed by atoms with Crippen LogP contribution in [-0.2, 0) is 16.6 Å². The molecule has 2 rings (SSSR count). The number of hydrogen-bond acceptors (Lipinski definition) is 5. The van der Waals surface area contributed by atoms with Crippen molar-refractivity contribution in [1.82, 2.24) is 10.0 Å². The van der Waals surface area contributed by atoms with Gasteiger partial charge in [0.15, 0.2) is 0 Å². The molecule has 1 aliphatic rings. The van der Waals surface area contributed by atoms with Gasteiger partial charge in [-0.1, -0.05) is 6.92 Å². The molecule has 1 aromatic rings. The fourth-order valence-corrected chi connectivity index (χ4v) is 5.91. The van der Waals surface area contributed by atoms with Crippen LogP contribution in [0.5, 0.6) is 0 Å². The Morgan fingerprint density at radius 2 is 2.32 bits per heavy atom.